The van der Waals surface area contributed by atoms with Crippen LogP contribution < -0.4 is 10.6 Å². The lowest BCUT2D eigenvalue weighted by molar-refractivity contribution is -0.121. The van der Waals surface area contributed by atoms with E-state index in [-0.39, 0.29) is 22.9 Å². The van der Waals surface area contributed by atoms with Crippen molar-refractivity contribution >= 4 is 33.5 Å². The van der Waals surface area contributed by atoms with Crippen LogP contribution in [0.5, 0.6) is 0 Å². The molecule has 1 unspecified atom stereocenters. The maximum absolute atomic E-state index is 12.5. The molecule has 1 amide bonds. The number of halogens is 1. The van der Waals surface area contributed by atoms with Gasteiger partial charge in [0, 0.05) is 4.47 Å². The van der Waals surface area contributed by atoms with Crippen LogP contribution in [0.1, 0.15) is 37.0 Å². The van der Waals surface area contributed by atoms with Gasteiger partial charge in [0.2, 0.25) is 5.91 Å². The summed E-state index contributed by atoms with van der Waals surface area (Å²) < 4.78 is 0.721. The highest BCUT2D eigenvalue weighted by molar-refractivity contribution is 9.10. The number of hydrogen-bond acceptors (Lipinski definition) is 3. The predicted molar refractivity (Wildman–Crippen MR) is 84.5 cm³/mol. The molecule has 114 valence electrons. The Kier molecular flexibility index (Phi) is 4.68. The average molecular weight is 355 g/mol. The summed E-state index contributed by atoms with van der Waals surface area (Å²) in [5.74, 6) is -1.26. The molecule has 0 bridgehead atoms. The molecule has 1 saturated heterocycles. The van der Waals surface area contributed by atoms with Crippen molar-refractivity contribution in [2.75, 3.05) is 11.9 Å². The quantitative estimate of drug-likeness (QED) is 0.779. The lowest BCUT2D eigenvalue weighted by Gasteiger charge is -2.38. The van der Waals surface area contributed by atoms with Crippen LogP contribution in [-0.2, 0) is 4.79 Å². The Bertz CT molecular complexity index is 572. The summed E-state index contributed by atoms with van der Waals surface area (Å²) in [6.45, 7) is 4.89. The first-order chi connectivity index (χ1) is 9.81. The number of nitrogens with one attached hydrogen (secondary N) is 2. The summed E-state index contributed by atoms with van der Waals surface area (Å²) in [4.78, 5) is 23.7. The van der Waals surface area contributed by atoms with Crippen molar-refractivity contribution in [2.24, 2.45) is 5.41 Å². The first-order valence-corrected chi connectivity index (χ1v) is 7.68. The molecule has 1 heterocycles. The van der Waals surface area contributed by atoms with Crippen molar-refractivity contribution in [1.82, 2.24) is 5.32 Å². The molecular formula is C15H19BrN2O3. The molecule has 0 saturated carbocycles. The van der Waals surface area contributed by atoms with Gasteiger partial charge in [-0.2, -0.15) is 0 Å². The van der Waals surface area contributed by atoms with Gasteiger partial charge < -0.3 is 15.7 Å². The van der Waals surface area contributed by atoms with Gasteiger partial charge >= 0.3 is 5.97 Å². The van der Waals surface area contributed by atoms with E-state index in [1.807, 2.05) is 13.8 Å². The van der Waals surface area contributed by atoms with Crippen molar-refractivity contribution in [3.8, 4) is 0 Å². The number of aromatic carboxylic acids is 1. The van der Waals surface area contributed by atoms with Crippen LogP contribution in [0.3, 0.4) is 0 Å². The zero-order valence-electron chi connectivity index (χ0n) is 12.1. The van der Waals surface area contributed by atoms with Crippen LogP contribution in [-0.4, -0.2) is 29.6 Å². The standard InChI is InChI=1S/C15H19BrN2O3/c1-15(2)6-3-7-17-12(15)13(19)18-11-8-9(16)4-5-10(11)14(20)21/h4-5,8,12,17H,3,6-7H2,1-2H3,(H,18,19)(H,20,21). The molecule has 1 fully saturated rings. The fraction of sp³-hybridized carbons (Fsp3) is 0.467. The summed E-state index contributed by atoms with van der Waals surface area (Å²) in [6.07, 6.45) is 2.00. The SMILES string of the molecule is CC1(C)CCCNC1C(=O)Nc1cc(Br)ccc1C(=O)O. The molecule has 1 aromatic rings. The molecule has 1 aliphatic rings. The molecule has 5 nitrogen and oxygen atoms in total. The first kappa shape index (κ1) is 16.0. The van der Waals surface area contributed by atoms with Crippen molar-refractivity contribution < 1.29 is 14.7 Å². The van der Waals surface area contributed by atoms with Crippen LogP contribution >= 0.6 is 15.9 Å². The van der Waals surface area contributed by atoms with E-state index in [2.05, 4.69) is 26.6 Å². The third-order valence-electron chi connectivity index (χ3n) is 3.86. The Labute approximate surface area is 132 Å². The van der Waals surface area contributed by atoms with E-state index >= 15 is 0 Å². The fourth-order valence-corrected chi connectivity index (χ4v) is 3.03. The molecule has 1 aliphatic heterocycles. The first-order valence-electron chi connectivity index (χ1n) is 6.88. The van der Waals surface area contributed by atoms with Crippen molar-refractivity contribution in [3.63, 3.8) is 0 Å². The number of carboxylic acid groups (broad SMARTS) is 1. The van der Waals surface area contributed by atoms with E-state index in [0.717, 1.165) is 23.9 Å². The van der Waals surface area contributed by atoms with Crippen LogP contribution in [0, 0.1) is 5.41 Å². The second kappa shape index (κ2) is 6.15. The van der Waals surface area contributed by atoms with E-state index in [1.54, 1.807) is 12.1 Å². The molecule has 3 N–H and O–H groups in total. The molecule has 0 spiro atoms. The van der Waals surface area contributed by atoms with Gasteiger partial charge in [0.05, 0.1) is 17.3 Å². The van der Waals surface area contributed by atoms with Crippen molar-refractivity contribution in [1.29, 1.82) is 0 Å². The summed E-state index contributed by atoms with van der Waals surface area (Å²) in [7, 11) is 0. The third kappa shape index (κ3) is 3.63. The average Bonchev–Trinajstić information content (AvgIpc) is 2.37. The minimum atomic E-state index is -1.06. The van der Waals surface area contributed by atoms with Gasteiger partial charge in [0.15, 0.2) is 0 Å². The minimum absolute atomic E-state index is 0.0835. The molecule has 2 rings (SSSR count). The maximum Gasteiger partial charge on any atom is 0.337 e. The zero-order chi connectivity index (χ0) is 15.6. The Morgan fingerprint density at radius 3 is 2.76 bits per heavy atom. The van der Waals surface area contributed by atoms with Gasteiger partial charge in [-0.05, 0) is 43.0 Å². The number of anilines is 1. The number of hydrogen-bond donors (Lipinski definition) is 3. The Hall–Kier alpha value is -1.40. The highest BCUT2D eigenvalue weighted by atomic mass is 79.9. The van der Waals surface area contributed by atoms with E-state index in [1.165, 1.54) is 6.07 Å². The Morgan fingerprint density at radius 2 is 2.14 bits per heavy atom. The molecule has 21 heavy (non-hydrogen) atoms. The highest BCUT2D eigenvalue weighted by Crippen LogP contribution is 2.31. The van der Waals surface area contributed by atoms with E-state index in [4.69, 9.17) is 0 Å². The van der Waals surface area contributed by atoms with E-state index in [0.29, 0.717) is 5.69 Å². The number of carboxylic acids is 1. The van der Waals surface area contributed by atoms with Gasteiger partial charge in [-0.25, -0.2) is 4.79 Å². The molecule has 1 atom stereocenters. The molecule has 0 radical (unpaired) electrons. The number of carbonyl (C=O) groups excluding carboxylic acids is 1. The number of carbonyl (C=O) groups is 2. The smallest absolute Gasteiger partial charge is 0.337 e. The minimum Gasteiger partial charge on any atom is -0.478 e. The largest absolute Gasteiger partial charge is 0.478 e. The summed E-state index contributed by atoms with van der Waals surface area (Å²) >= 11 is 3.29. The molecule has 0 aromatic heterocycles. The number of amides is 1. The lowest BCUT2D eigenvalue weighted by Crippen LogP contribution is -2.53. The normalized spacial score (nSPS) is 20.8. The van der Waals surface area contributed by atoms with Crippen molar-refractivity contribution in [2.45, 2.75) is 32.7 Å². The fourth-order valence-electron chi connectivity index (χ4n) is 2.67. The molecular weight excluding hydrogens is 336 g/mol. The predicted octanol–water partition coefficient (Wildman–Crippen LogP) is 2.86. The summed E-state index contributed by atoms with van der Waals surface area (Å²) in [5, 5.41) is 15.2. The topological polar surface area (TPSA) is 78.4 Å². The summed E-state index contributed by atoms with van der Waals surface area (Å²) in [5.41, 5.74) is 0.239. The molecule has 6 heteroatoms. The second-order valence-corrected chi connectivity index (χ2v) is 6.88. The zero-order valence-corrected chi connectivity index (χ0v) is 13.7. The second-order valence-electron chi connectivity index (χ2n) is 5.96. The van der Waals surface area contributed by atoms with Gasteiger partial charge in [-0.1, -0.05) is 29.8 Å². The lowest BCUT2D eigenvalue weighted by atomic mass is 9.77. The third-order valence-corrected chi connectivity index (χ3v) is 4.35. The van der Waals surface area contributed by atoms with Gasteiger partial charge in [-0.15, -0.1) is 0 Å². The Balaban J connectivity index is 2.23. The van der Waals surface area contributed by atoms with Crippen molar-refractivity contribution in [3.05, 3.63) is 28.2 Å². The van der Waals surface area contributed by atoms with E-state index < -0.39 is 5.97 Å². The number of benzene rings is 1. The van der Waals surface area contributed by atoms with Crippen LogP contribution in [0.25, 0.3) is 0 Å². The summed E-state index contributed by atoms with van der Waals surface area (Å²) in [6, 6.07) is 4.40. The highest BCUT2D eigenvalue weighted by Gasteiger charge is 2.37. The van der Waals surface area contributed by atoms with Gasteiger partial charge in [-0.3, -0.25) is 4.79 Å². The van der Waals surface area contributed by atoms with Crippen LogP contribution in [0.2, 0.25) is 0 Å². The van der Waals surface area contributed by atoms with Crippen LogP contribution in [0.15, 0.2) is 22.7 Å². The monoisotopic (exact) mass is 354 g/mol. The molecule has 0 aliphatic carbocycles. The molecule has 1 aromatic carbocycles. The van der Waals surface area contributed by atoms with E-state index in [9.17, 15) is 14.7 Å². The maximum atomic E-state index is 12.5. The Morgan fingerprint density at radius 1 is 1.43 bits per heavy atom. The number of rotatable bonds is 3. The number of piperidine rings is 1. The van der Waals surface area contributed by atoms with Crippen LogP contribution in [0.4, 0.5) is 5.69 Å². The van der Waals surface area contributed by atoms with Gasteiger partial charge in [0.1, 0.15) is 0 Å². The van der Waals surface area contributed by atoms with Gasteiger partial charge in [0.25, 0.3) is 0 Å².